The fourth-order valence-electron chi connectivity index (χ4n) is 4.18. The normalized spacial score (nSPS) is 15.8. The van der Waals surface area contributed by atoms with Crippen molar-refractivity contribution in [2.75, 3.05) is 11.9 Å². The third-order valence-corrected chi connectivity index (χ3v) is 5.86. The molecule has 154 valence electrons. The van der Waals surface area contributed by atoms with Gasteiger partial charge in [-0.05, 0) is 39.2 Å². The molecule has 1 aliphatic rings. The van der Waals surface area contributed by atoms with Gasteiger partial charge in [-0.3, -0.25) is 0 Å². The lowest BCUT2D eigenvalue weighted by Gasteiger charge is -2.34. The highest BCUT2D eigenvalue weighted by Crippen LogP contribution is 2.42. The first-order valence-corrected chi connectivity index (χ1v) is 10.2. The van der Waals surface area contributed by atoms with E-state index in [9.17, 15) is 0 Å². The van der Waals surface area contributed by atoms with E-state index in [1.54, 1.807) is 0 Å². The van der Waals surface area contributed by atoms with Gasteiger partial charge in [0, 0.05) is 18.3 Å². The minimum atomic E-state index is -0.240. The van der Waals surface area contributed by atoms with Crippen LogP contribution in [0.1, 0.15) is 24.1 Å². The van der Waals surface area contributed by atoms with Crippen LogP contribution in [0, 0.1) is 0 Å². The van der Waals surface area contributed by atoms with Gasteiger partial charge in [0.15, 0.2) is 0 Å². The van der Waals surface area contributed by atoms with Crippen LogP contribution in [0.5, 0.6) is 0 Å². The lowest BCUT2D eigenvalue weighted by molar-refractivity contribution is 0.202. The SMILES string of the molecule is C=C(OCc1ccccc1)C1=C(C)N(C)c2nnnn2C1c1cccc2ccccc12. The number of anilines is 1. The van der Waals surface area contributed by atoms with Crippen molar-refractivity contribution in [1.82, 2.24) is 20.2 Å². The first kappa shape index (κ1) is 19.1. The van der Waals surface area contributed by atoms with Crippen LogP contribution in [0.25, 0.3) is 10.8 Å². The zero-order chi connectivity index (χ0) is 21.4. The van der Waals surface area contributed by atoms with Gasteiger partial charge in [0.05, 0.1) is 0 Å². The summed E-state index contributed by atoms with van der Waals surface area (Å²) in [5, 5.41) is 14.9. The van der Waals surface area contributed by atoms with Crippen LogP contribution in [0.4, 0.5) is 5.95 Å². The Morgan fingerprint density at radius 2 is 1.74 bits per heavy atom. The fraction of sp³-hybridized carbons (Fsp3) is 0.160. The van der Waals surface area contributed by atoms with E-state index in [1.807, 2.05) is 53.0 Å². The Kier molecular flexibility index (Phi) is 4.75. The number of hydrogen-bond donors (Lipinski definition) is 0. The maximum Gasteiger partial charge on any atom is 0.250 e. The average molecular weight is 409 g/mol. The quantitative estimate of drug-likeness (QED) is 0.440. The highest BCUT2D eigenvalue weighted by Gasteiger charge is 2.35. The van der Waals surface area contributed by atoms with Crippen LogP contribution >= 0.6 is 0 Å². The molecule has 0 amide bonds. The first-order chi connectivity index (χ1) is 15.1. The van der Waals surface area contributed by atoms with Gasteiger partial charge in [0.2, 0.25) is 5.95 Å². The van der Waals surface area contributed by atoms with Crippen LogP contribution in [-0.4, -0.2) is 27.3 Å². The first-order valence-electron chi connectivity index (χ1n) is 10.2. The molecule has 1 aromatic heterocycles. The third kappa shape index (κ3) is 3.26. The molecule has 0 saturated carbocycles. The van der Waals surface area contributed by atoms with E-state index in [-0.39, 0.29) is 6.04 Å². The van der Waals surface area contributed by atoms with Crippen LogP contribution in [0.15, 0.2) is 96.4 Å². The van der Waals surface area contributed by atoms with Crippen molar-refractivity contribution < 1.29 is 4.74 Å². The summed E-state index contributed by atoms with van der Waals surface area (Å²) in [5.41, 5.74) is 4.18. The Balaban J connectivity index is 1.62. The highest BCUT2D eigenvalue weighted by molar-refractivity contribution is 5.87. The van der Waals surface area contributed by atoms with Crippen LogP contribution in [-0.2, 0) is 11.3 Å². The Labute approximate surface area is 181 Å². The topological polar surface area (TPSA) is 56.1 Å². The number of fused-ring (bicyclic) bond motifs is 2. The molecule has 0 aliphatic carbocycles. The monoisotopic (exact) mass is 409 g/mol. The highest BCUT2D eigenvalue weighted by atomic mass is 16.5. The maximum atomic E-state index is 6.18. The largest absolute Gasteiger partial charge is 0.489 e. The summed E-state index contributed by atoms with van der Waals surface area (Å²) < 4.78 is 8.03. The molecule has 0 bridgehead atoms. The second-order valence-corrected chi connectivity index (χ2v) is 7.65. The molecule has 3 aromatic carbocycles. The average Bonchev–Trinajstić information content (AvgIpc) is 3.30. The van der Waals surface area contributed by atoms with E-state index in [4.69, 9.17) is 4.74 Å². The minimum absolute atomic E-state index is 0.240. The molecule has 0 N–H and O–H groups in total. The second kappa shape index (κ2) is 7.72. The van der Waals surface area contributed by atoms with E-state index in [0.29, 0.717) is 18.3 Å². The van der Waals surface area contributed by atoms with Crippen molar-refractivity contribution in [2.45, 2.75) is 19.6 Å². The number of aromatic nitrogens is 4. The van der Waals surface area contributed by atoms with Crippen LogP contribution in [0.2, 0.25) is 0 Å². The standard InChI is InChI=1S/C25H23N5O/c1-17-23(18(2)31-16-19-10-5-4-6-11-19)24(30-25(29(17)3)26-27-28-30)22-15-9-13-20-12-7-8-14-21(20)22/h4-15,24H,2,16H2,1,3H3. The molecule has 0 fully saturated rings. The number of nitrogens with zero attached hydrogens (tertiary/aromatic N) is 5. The number of rotatable bonds is 5. The zero-order valence-electron chi connectivity index (χ0n) is 17.6. The molecule has 1 atom stereocenters. The van der Waals surface area contributed by atoms with Gasteiger partial charge in [-0.15, -0.1) is 0 Å². The van der Waals surface area contributed by atoms with Crippen molar-refractivity contribution in [1.29, 1.82) is 0 Å². The predicted octanol–water partition coefficient (Wildman–Crippen LogP) is 4.87. The second-order valence-electron chi connectivity index (χ2n) is 7.65. The summed E-state index contributed by atoms with van der Waals surface area (Å²) >= 11 is 0. The van der Waals surface area contributed by atoms with E-state index >= 15 is 0 Å². The number of benzene rings is 3. The molecular weight excluding hydrogens is 386 g/mol. The van der Waals surface area contributed by atoms with E-state index in [0.717, 1.165) is 27.8 Å². The van der Waals surface area contributed by atoms with Gasteiger partial charge in [0.1, 0.15) is 18.4 Å². The molecule has 1 unspecified atom stereocenters. The summed E-state index contributed by atoms with van der Waals surface area (Å²) in [6, 6.07) is 24.5. The minimum Gasteiger partial charge on any atom is -0.489 e. The molecule has 4 aromatic rings. The summed E-state index contributed by atoms with van der Waals surface area (Å²) in [5.74, 6) is 1.31. The van der Waals surface area contributed by atoms with Crippen molar-refractivity contribution in [2.24, 2.45) is 0 Å². The van der Waals surface area contributed by atoms with Crippen molar-refractivity contribution >= 4 is 16.7 Å². The predicted molar refractivity (Wildman–Crippen MR) is 121 cm³/mol. The lowest BCUT2D eigenvalue weighted by Crippen LogP contribution is -2.32. The zero-order valence-corrected chi connectivity index (χ0v) is 17.6. The number of allylic oxidation sites excluding steroid dienone is 2. The summed E-state index contributed by atoms with van der Waals surface area (Å²) in [7, 11) is 1.96. The molecular formula is C25H23N5O. The van der Waals surface area contributed by atoms with E-state index in [2.05, 4.69) is 65.4 Å². The molecule has 6 nitrogen and oxygen atoms in total. The Morgan fingerprint density at radius 1 is 1.00 bits per heavy atom. The Bertz CT molecular complexity index is 1290. The number of ether oxygens (including phenoxy) is 1. The molecule has 0 spiro atoms. The molecule has 0 saturated heterocycles. The van der Waals surface area contributed by atoms with Crippen molar-refractivity contribution in [3.63, 3.8) is 0 Å². The molecule has 6 heteroatoms. The smallest absolute Gasteiger partial charge is 0.250 e. The van der Waals surface area contributed by atoms with Gasteiger partial charge in [-0.25, -0.2) is 0 Å². The summed E-state index contributed by atoms with van der Waals surface area (Å²) in [4.78, 5) is 1.98. The molecule has 31 heavy (non-hydrogen) atoms. The lowest BCUT2D eigenvalue weighted by atomic mass is 9.90. The van der Waals surface area contributed by atoms with Crippen molar-refractivity contribution in [3.05, 3.63) is 108 Å². The van der Waals surface area contributed by atoms with Crippen LogP contribution in [0.3, 0.4) is 0 Å². The van der Waals surface area contributed by atoms with E-state index < -0.39 is 0 Å². The Morgan fingerprint density at radius 3 is 2.58 bits per heavy atom. The fourth-order valence-corrected chi connectivity index (χ4v) is 4.18. The molecule has 5 rings (SSSR count). The van der Waals surface area contributed by atoms with Gasteiger partial charge >= 0.3 is 0 Å². The molecule has 0 radical (unpaired) electrons. The van der Waals surface area contributed by atoms with Gasteiger partial charge < -0.3 is 9.64 Å². The number of hydrogen-bond acceptors (Lipinski definition) is 5. The van der Waals surface area contributed by atoms with Gasteiger partial charge in [-0.2, -0.15) is 4.68 Å². The van der Waals surface area contributed by atoms with E-state index in [1.165, 1.54) is 5.39 Å². The summed E-state index contributed by atoms with van der Waals surface area (Å²) in [6.45, 7) is 6.81. The third-order valence-electron chi connectivity index (χ3n) is 5.86. The van der Waals surface area contributed by atoms with Gasteiger partial charge in [0.25, 0.3) is 0 Å². The maximum absolute atomic E-state index is 6.18. The Hall–Kier alpha value is -3.93. The molecule has 1 aliphatic heterocycles. The van der Waals surface area contributed by atoms with Gasteiger partial charge in [-0.1, -0.05) is 84.5 Å². The molecule has 2 heterocycles. The van der Waals surface area contributed by atoms with Crippen molar-refractivity contribution in [3.8, 4) is 0 Å². The number of tetrazole rings is 1. The van der Waals surface area contributed by atoms with Crippen LogP contribution < -0.4 is 4.90 Å². The summed E-state index contributed by atoms with van der Waals surface area (Å²) in [6.07, 6.45) is 0.